The highest BCUT2D eigenvalue weighted by atomic mass is 19.1. The van der Waals surface area contributed by atoms with Crippen molar-refractivity contribution < 1.29 is 18.6 Å². The smallest absolute Gasteiger partial charge is 0.160 e. The molecule has 0 atom stereocenters. The van der Waals surface area contributed by atoms with Crippen molar-refractivity contribution in [3.8, 4) is 11.5 Å². The molecular formula is C10H10F2O2. The number of benzene rings is 1. The molecule has 1 aromatic carbocycles. The number of halogens is 2. The van der Waals surface area contributed by atoms with E-state index in [2.05, 4.69) is 0 Å². The average molecular weight is 200 g/mol. The van der Waals surface area contributed by atoms with E-state index in [0.29, 0.717) is 6.33 Å². The summed E-state index contributed by atoms with van der Waals surface area (Å²) in [6.07, 6.45) is 1.65. The van der Waals surface area contributed by atoms with Crippen LogP contribution in [-0.4, -0.2) is 12.2 Å². The van der Waals surface area contributed by atoms with Gasteiger partial charge < -0.3 is 9.84 Å². The fraction of sp³-hybridized carbons (Fsp3) is 0.200. The van der Waals surface area contributed by atoms with Crippen LogP contribution in [0.3, 0.4) is 0 Å². The van der Waals surface area contributed by atoms with E-state index >= 15 is 0 Å². The maximum absolute atomic E-state index is 13.1. The molecule has 14 heavy (non-hydrogen) atoms. The molecule has 0 aliphatic rings. The van der Waals surface area contributed by atoms with Gasteiger partial charge in [-0.05, 0) is 18.1 Å². The van der Waals surface area contributed by atoms with Crippen LogP contribution in [0.25, 0.3) is 0 Å². The first-order valence-electron chi connectivity index (χ1n) is 3.99. The first-order chi connectivity index (χ1) is 6.69. The van der Waals surface area contributed by atoms with Crippen LogP contribution in [0.4, 0.5) is 8.78 Å². The van der Waals surface area contributed by atoms with E-state index in [9.17, 15) is 13.9 Å². The topological polar surface area (TPSA) is 29.5 Å². The zero-order valence-electron chi connectivity index (χ0n) is 7.63. The molecule has 2 nitrogen and oxygen atoms in total. The Balaban J connectivity index is 3.04. The number of ether oxygens (including phenoxy) is 1. The van der Waals surface area contributed by atoms with Gasteiger partial charge in [-0.1, -0.05) is 6.08 Å². The van der Waals surface area contributed by atoms with E-state index in [0.717, 1.165) is 6.07 Å². The highest BCUT2D eigenvalue weighted by Gasteiger charge is 2.08. The third kappa shape index (κ3) is 2.22. The Morgan fingerprint density at radius 2 is 2.21 bits per heavy atom. The Kier molecular flexibility index (Phi) is 3.45. The molecule has 1 aromatic rings. The second-order valence-electron chi connectivity index (χ2n) is 2.68. The van der Waals surface area contributed by atoms with Crippen molar-refractivity contribution in [1.29, 1.82) is 0 Å². The zero-order valence-corrected chi connectivity index (χ0v) is 7.63. The van der Waals surface area contributed by atoms with Crippen molar-refractivity contribution in [1.82, 2.24) is 0 Å². The normalized spacial score (nSPS) is 10.8. The van der Waals surface area contributed by atoms with Gasteiger partial charge in [-0.2, -0.15) is 0 Å². The highest BCUT2D eigenvalue weighted by Crippen LogP contribution is 2.28. The van der Waals surface area contributed by atoms with Crippen molar-refractivity contribution >= 4 is 0 Å². The van der Waals surface area contributed by atoms with Crippen molar-refractivity contribution in [2.24, 2.45) is 0 Å². The molecule has 0 heterocycles. The van der Waals surface area contributed by atoms with Gasteiger partial charge >= 0.3 is 0 Å². The molecular weight excluding hydrogens is 190 g/mol. The molecule has 0 amide bonds. The molecule has 0 spiro atoms. The summed E-state index contributed by atoms with van der Waals surface area (Å²) in [7, 11) is 1.36. The molecule has 0 aromatic heterocycles. The van der Waals surface area contributed by atoms with Gasteiger partial charge in [-0.3, -0.25) is 0 Å². The first kappa shape index (κ1) is 10.5. The van der Waals surface area contributed by atoms with E-state index in [4.69, 9.17) is 4.74 Å². The largest absolute Gasteiger partial charge is 0.504 e. The van der Waals surface area contributed by atoms with Crippen LogP contribution in [0.15, 0.2) is 24.5 Å². The van der Waals surface area contributed by atoms with Gasteiger partial charge in [0.05, 0.1) is 13.4 Å². The molecule has 0 aliphatic carbocycles. The maximum Gasteiger partial charge on any atom is 0.160 e. The van der Waals surface area contributed by atoms with Gasteiger partial charge in [-0.25, -0.2) is 8.78 Å². The Hall–Kier alpha value is -1.58. The second kappa shape index (κ2) is 4.60. The van der Waals surface area contributed by atoms with Crippen molar-refractivity contribution in [3.63, 3.8) is 0 Å². The van der Waals surface area contributed by atoms with Gasteiger partial charge in [0.25, 0.3) is 0 Å². The molecule has 76 valence electrons. The minimum absolute atomic E-state index is 0.124. The number of phenols is 1. The van der Waals surface area contributed by atoms with Crippen molar-refractivity contribution in [2.75, 3.05) is 7.11 Å². The van der Waals surface area contributed by atoms with Crippen LogP contribution < -0.4 is 4.74 Å². The van der Waals surface area contributed by atoms with Gasteiger partial charge in [0, 0.05) is 6.07 Å². The molecule has 0 unspecified atom stereocenters. The number of phenolic OH excluding ortho intramolecular Hbond substituents is 1. The highest BCUT2D eigenvalue weighted by molar-refractivity contribution is 5.43. The van der Waals surface area contributed by atoms with E-state index in [1.165, 1.54) is 19.3 Å². The van der Waals surface area contributed by atoms with Crippen LogP contribution >= 0.6 is 0 Å². The lowest BCUT2D eigenvalue weighted by Gasteiger charge is -2.06. The maximum atomic E-state index is 13.1. The predicted octanol–water partition coefficient (Wildman–Crippen LogP) is 2.57. The lowest BCUT2D eigenvalue weighted by atomic mass is 10.1. The molecule has 4 heteroatoms. The van der Waals surface area contributed by atoms with Gasteiger partial charge in [-0.15, -0.1) is 0 Å². The van der Waals surface area contributed by atoms with Gasteiger partial charge in [0.15, 0.2) is 11.5 Å². The Bertz CT molecular complexity index is 348. The Labute approximate surface area is 80.4 Å². The SMILES string of the molecule is COc1cc(CC=CF)c(F)cc1O. The second-order valence-corrected chi connectivity index (χ2v) is 2.68. The number of aromatic hydroxyl groups is 1. The molecule has 0 aliphatic heterocycles. The van der Waals surface area contributed by atoms with Gasteiger partial charge in [0.1, 0.15) is 5.82 Å². The summed E-state index contributed by atoms with van der Waals surface area (Å²) >= 11 is 0. The molecule has 0 saturated carbocycles. The fourth-order valence-electron chi connectivity index (χ4n) is 1.08. The third-order valence-corrected chi connectivity index (χ3v) is 1.77. The zero-order chi connectivity index (χ0) is 10.6. The van der Waals surface area contributed by atoms with Crippen LogP contribution in [0.1, 0.15) is 5.56 Å². The molecule has 0 bridgehead atoms. The molecule has 0 fully saturated rings. The summed E-state index contributed by atoms with van der Waals surface area (Å²) in [6.45, 7) is 0. The van der Waals surface area contributed by atoms with E-state index in [1.54, 1.807) is 0 Å². The van der Waals surface area contributed by atoms with Crippen LogP contribution in [0.2, 0.25) is 0 Å². The number of allylic oxidation sites excluding steroid dienone is 1. The molecule has 1 rings (SSSR count). The number of hydrogen-bond acceptors (Lipinski definition) is 2. The lowest BCUT2D eigenvalue weighted by molar-refractivity contribution is 0.370. The van der Waals surface area contributed by atoms with Gasteiger partial charge in [0.2, 0.25) is 0 Å². The first-order valence-corrected chi connectivity index (χ1v) is 3.99. The fourth-order valence-corrected chi connectivity index (χ4v) is 1.08. The van der Waals surface area contributed by atoms with E-state index in [1.807, 2.05) is 0 Å². The summed E-state index contributed by atoms with van der Waals surface area (Å²) in [6, 6.07) is 2.28. The van der Waals surface area contributed by atoms with E-state index < -0.39 is 5.82 Å². The minimum Gasteiger partial charge on any atom is -0.504 e. The molecule has 1 N–H and O–H groups in total. The lowest BCUT2D eigenvalue weighted by Crippen LogP contribution is -1.91. The monoisotopic (exact) mass is 200 g/mol. The summed E-state index contributed by atoms with van der Waals surface area (Å²) in [4.78, 5) is 0. The van der Waals surface area contributed by atoms with Crippen LogP contribution in [0, 0.1) is 5.82 Å². The number of methoxy groups -OCH3 is 1. The average Bonchev–Trinajstić information content (AvgIpc) is 2.17. The summed E-state index contributed by atoms with van der Waals surface area (Å²) in [5, 5.41) is 9.18. The van der Waals surface area contributed by atoms with Crippen molar-refractivity contribution in [3.05, 3.63) is 35.9 Å². The van der Waals surface area contributed by atoms with Crippen LogP contribution in [0.5, 0.6) is 11.5 Å². The number of rotatable bonds is 3. The Morgan fingerprint density at radius 1 is 1.50 bits per heavy atom. The predicted molar refractivity (Wildman–Crippen MR) is 48.6 cm³/mol. The quantitative estimate of drug-likeness (QED) is 0.812. The summed E-state index contributed by atoms with van der Waals surface area (Å²) < 4.78 is 29.6. The van der Waals surface area contributed by atoms with E-state index in [-0.39, 0.29) is 23.5 Å². The standard InChI is InChI=1S/C10H10F2O2/c1-14-10-5-7(3-2-4-11)8(12)6-9(10)13/h2,4-6,13H,3H2,1H3. The summed E-state index contributed by atoms with van der Waals surface area (Å²) in [5.74, 6) is -0.673. The molecule has 0 saturated heterocycles. The third-order valence-electron chi connectivity index (χ3n) is 1.77. The number of hydrogen-bond donors (Lipinski definition) is 1. The molecule has 0 radical (unpaired) electrons. The van der Waals surface area contributed by atoms with Crippen LogP contribution in [-0.2, 0) is 6.42 Å². The minimum atomic E-state index is -0.582. The Morgan fingerprint density at radius 3 is 2.79 bits per heavy atom. The summed E-state index contributed by atoms with van der Waals surface area (Å²) in [5.41, 5.74) is 0.272. The van der Waals surface area contributed by atoms with Crippen molar-refractivity contribution in [2.45, 2.75) is 6.42 Å².